The quantitative estimate of drug-likeness (QED) is 0.685. The molecule has 0 heterocycles. The first-order chi connectivity index (χ1) is 9.65. The van der Waals surface area contributed by atoms with Crippen molar-refractivity contribution in [3.05, 3.63) is 70.7 Å². The van der Waals surface area contributed by atoms with Crippen molar-refractivity contribution in [1.82, 2.24) is 5.43 Å². The van der Waals surface area contributed by atoms with E-state index < -0.39 is 0 Å². The van der Waals surface area contributed by atoms with Crippen LogP contribution >= 0.6 is 15.9 Å². The van der Waals surface area contributed by atoms with Crippen LogP contribution in [0.15, 0.2) is 65.1 Å². The molecule has 1 N–H and O–H groups in total. The number of amides is 1. The molecule has 0 bridgehead atoms. The average molecular weight is 331 g/mol. The first kappa shape index (κ1) is 14.3. The van der Waals surface area contributed by atoms with Crippen molar-refractivity contribution in [2.24, 2.45) is 0 Å². The summed E-state index contributed by atoms with van der Waals surface area (Å²) in [5, 5.41) is 1.69. The molecule has 102 valence electrons. The van der Waals surface area contributed by atoms with E-state index in [1.807, 2.05) is 54.6 Å². The van der Waals surface area contributed by atoms with Gasteiger partial charge in [0, 0.05) is 17.6 Å². The zero-order valence-corrected chi connectivity index (χ0v) is 12.7. The van der Waals surface area contributed by atoms with Crippen molar-refractivity contribution >= 4 is 33.6 Å². The van der Waals surface area contributed by atoms with Gasteiger partial charge in [0.25, 0.3) is 5.91 Å². The molecule has 3 nitrogen and oxygen atoms in total. The Kier molecular flexibility index (Phi) is 4.96. The average Bonchev–Trinajstić information content (AvgIpc) is 2.47. The molecule has 4 heteroatoms. The van der Waals surface area contributed by atoms with Crippen LogP contribution in [0, 0.1) is 0 Å². The minimum Gasteiger partial charge on any atom is -0.288 e. The Morgan fingerprint density at radius 2 is 1.75 bits per heavy atom. The number of carbonyl (C=O) groups is 1. The Bertz CT molecular complexity index is 594. The first-order valence-corrected chi connectivity index (χ1v) is 6.97. The van der Waals surface area contributed by atoms with E-state index in [2.05, 4.69) is 21.4 Å². The molecule has 0 unspecified atom stereocenters. The van der Waals surface area contributed by atoms with E-state index in [1.54, 1.807) is 18.1 Å². The molecular weight excluding hydrogens is 316 g/mol. The van der Waals surface area contributed by atoms with Crippen molar-refractivity contribution in [2.75, 3.05) is 12.1 Å². The maximum Gasteiger partial charge on any atom is 0.262 e. The highest BCUT2D eigenvalue weighted by Crippen LogP contribution is 2.11. The van der Waals surface area contributed by atoms with E-state index in [-0.39, 0.29) is 5.91 Å². The smallest absolute Gasteiger partial charge is 0.262 e. The maximum atomic E-state index is 11.8. The SMILES string of the molecule is CN(NC(=O)/C=C/c1ccc(Br)cc1)c1ccccc1. The topological polar surface area (TPSA) is 32.3 Å². The molecule has 0 saturated heterocycles. The van der Waals surface area contributed by atoms with Gasteiger partial charge in [0.1, 0.15) is 0 Å². The van der Waals surface area contributed by atoms with Crippen LogP contribution in [-0.4, -0.2) is 13.0 Å². The normalized spacial score (nSPS) is 10.5. The van der Waals surface area contributed by atoms with Gasteiger partial charge in [-0.15, -0.1) is 0 Å². The number of hydrazine groups is 1. The Balaban J connectivity index is 1.94. The zero-order valence-electron chi connectivity index (χ0n) is 11.1. The van der Waals surface area contributed by atoms with Crippen LogP contribution in [0.4, 0.5) is 5.69 Å². The predicted octanol–water partition coefficient (Wildman–Crippen LogP) is 3.63. The summed E-state index contributed by atoms with van der Waals surface area (Å²) in [5.74, 6) is -0.167. The van der Waals surface area contributed by atoms with Crippen molar-refractivity contribution < 1.29 is 4.79 Å². The summed E-state index contributed by atoms with van der Waals surface area (Å²) in [5.41, 5.74) is 4.68. The molecule has 0 saturated carbocycles. The van der Waals surface area contributed by atoms with Crippen LogP contribution in [0.5, 0.6) is 0 Å². The second-order valence-electron chi connectivity index (χ2n) is 4.26. The Morgan fingerprint density at radius 3 is 2.40 bits per heavy atom. The van der Waals surface area contributed by atoms with Gasteiger partial charge < -0.3 is 0 Å². The van der Waals surface area contributed by atoms with Crippen LogP contribution in [-0.2, 0) is 4.79 Å². The molecule has 2 aromatic rings. The second-order valence-corrected chi connectivity index (χ2v) is 5.17. The zero-order chi connectivity index (χ0) is 14.4. The lowest BCUT2D eigenvalue weighted by Crippen LogP contribution is -2.38. The second kappa shape index (κ2) is 6.91. The van der Waals surface area contributed by atoms with E-state index in [9.17, 15) is 4.79 Å². The highest BCUT2D eigenvalue weighted by Gasteiger charge is 2.01. The number of hydrogen-bond donors (Lipinski definition) is 1. The number of rotatable bonds is 4. The molecule has 0 atom stereocenters. The fourth-order valence-electron chi connectivity index (χ4n) is 1.66. The third-order valence-corrected chi connectivity index (χ3v) is 3.25. The first-order valence-electron chi connectivity index (χ1n) is 6.18. The Morgan fingerprint density at radius 1 is 1.10 bits per heavy atom. The third kappa shape index (κ3) is 4.24. The Labute approximate surface area is 127 Å². The largest absolute Gasteiger partial charge is 0.288 e. The number of nitrogens with zero attached hydrogens (tertiary/aromatic N) is 1. The molecule has 0 aliphatic heterocycles. The highest BCUT2D eigenvalue weighted by atomic mass is 79.9. The van der Waals surface area contributed by atoms with E-state index >= 15 is 0 Å². The third-order valence-electron chi connectivity index (χ3n) is 2.72. The van der Waals surface area contributed by atoms with Gasteiger partial charge in [0.2, 0.25) is 0 Å². The number of halogens is 1. The number of para-hydroxylation sites is 1. The molecule has 0 spiro atoms. The van der Waals surface area contributed by atoms with Crippen molar-refractivity contribution in [2.45, 2.75) is 0 Å². The van der Waals surface area contributed by atoms with E-state index in [0.717, 1.165) is 15.7 Å². The van der Waals surface area contributed by atoms with Crippen molar-refractivity contribution in [3.8, 4) is 0 Å². The molecule has 0 fully saturated rings. The van der Waals surface area contributed by atoms with Gasteiger partial charge in [-0.3, -0.25) is 15.2 Å². The van der Waals surface area contributed by atoms with Gasteiger partial charge >= 0.3 is 0 Å². The van der Waals surface area contributed by atoms with E-state index in [0.29, 0.717) is 0 Å². The van der Waals surface area contributed by atoms with Gasteiger partial charge in [0.05, 0.1) is 5.69 Å². The van der Waals surface area contributed by atoms with Gasteiger partial charge in [-0.25, -0.2) is 0 Å². The molecule has 2 rings (SSSR count). The van der Waals surface area contributed by atoms with E-state index in [1.165, 1.54) is 6.08 Å². The standard InChI is InChI=1S/C16H15BrN2O/c1-19(15-5-3-2-4-6-15)18-16(20)12-9-13-7-10-14(17)11-8-13/h2-12H,1H3,(H,18,20)/b12-9+. The van der Waals surface area contributed by atoms with Crippen LogP contribution < -0.4 is 10.4 Å². The molecule has 0 radical (unpaired) electrons. The summed E-state index contributed by atoms with van der Waals surface area (Å²) in [6, 6.07) is 17.4. The van der Waals surface area contributed by atoms with Crippen molar-refractivity contribution in [1.29, 1.82) is 0 Å². The molecule has 20 heavy (non-hydrogen) atoms. The Hall–Kier alpha value is -2.07. The summed E-state index contributed by atoms with van der Waals surface area (Å²) in [6.45, 7) is 0. The van der Waals surface area contributed by atoms with Crippen LogP contribution in [0.2, 0.25) is 0 Å². The molecular formula is C16H15BrN2O. The number of nitrogens with one attached hydrogen (secondary N) is 1. The van der Waals surface area contributed by atoms with Gasteiger partial charge in [-0.05, 0) is 35.9 Å². The summed E-state index contributed by atoms with van der Waals surface area (Å²) in [6.07, 6.45) is 3.29. The summed E-state index contributed by atoms with van der Waals surface area (Å²) in [4.78, 5) is 11.8. The van der Waals surface area contributed by atoms with Gasteiger partial charge in [-0.1, -0.05) is 46.3 Å². The summed E-state index contributed by atoms with van der Waals surface area (Å²) < 4.78 is 1.02. The minimum absolute atomic E-state index is 0.167. The molecule has 0 aliphatic carbocycles. The minimum atomic E-state index is -0.167. The maximum absolute atomic E-state index is 11.8. The number of carbonyl (C=O) groups excluding carboxylic acids is 1. The predicted molar refractivity (Wildman–Crippen MR) is 86.2 cm³/mol. The number of benzene rings is 2. The van der Waals surface area contributed by atoms with Crippen LogP contribution in [0.25, 0.3) is 6.08 Å². The van der Waals surface area contributed by atoms with Crippen LogP contribution in [0.1, 0.15) is 5.56 Å². The molecule has 0 aliphatic rings. The fraction of sp³-hybridized carbons (Fsp3) is 0.0625. The highest BCUT2D eigenvalue weighted by molar-refractivity contribution is 9.10. The van der Waals surface area contributed by atoms with Crippen LogP contribution in [0.3, 0.4) is 0 Å². The lowest BCUT2D eigenvalue weighted by atomic mass is 10.2. The number of anilines is 1. The lowest BCUT2D eigenvalue weighted by Gasteiger charge is -2.18. The fourth-order valence-corrected chi connectivity index (χ4v) is 1.93. The monoisotopic (exact) mass is 330 g/mol. The van der Waals surface area contributed by atoms with Gasteiger partial charge in [0.15, 0.2) is 0 Å². The molecule has 1 amide bonds. The molecule has 0 aromatic heterocycles. The van der Waals surface area contributed by atoms with Crippen molar-refractivity contribution in [3.63, 3.8) is 0 Å². The molecule has 2 aromatic carbocycles. The summed E-state index contributed by atoms with van der Waals surface area (Å²) in [7, 11) is 1.81. The van der Waals surface area contributed by atoms with E-state index in [4.69, 9.17) is 0 Å². The van der Waals surface area contributed by atoms with Gasteiger partial charge in [-0.2, -0.15) is 0 Å². The summed E-state index contributed by atoms with van der Waals surface area (Å²) >= 11 is 3.37. The number of hydrogen-bond acceptors (Lipinski definition) is 2. The lowest BCUT2D eigenvalue weighted by molar-refractivity contribution is -0.116.